The Bertz CT molecular complexity index is 1060. The van der Waals surface area contributed by atoms with Crippen molar-refractivity contribution < 1.29 is 28.6 Å². The number of rotatable bonds is 9. The maximum absolute atomic E-state index is 13.0. The van der Waals surface area contributed by atoms with Crippen molar-refractivity contribution in [1.82, 2.24) is 0 Å². The van der Waals surface area contributed by atoms with Crippen LogP contribution in [-0.4, -0.2) is 38.6 Å². The number of methoxy groups -OCH3 is 2. The largest absolute Gasteiger partial charge is 0.497 e. The van der Waals surface area contributed by atoms with E-state index in [2.05, 4.69) is 5.32 Å². The number of nitrogens with zero attached hydrogens (tertiary/aromatic N) is 1. The Balaban J connectivity index is 1.78. The van der Waals surface area contributed by atoms with Crippen LogP contribution >= 0.6 is 11.6 Å². The molecule has 0 bridgehead atoms. The van der Waals surface area contributed by atoms with Gasteiger partial charge in [-0.15, -0.1) is 0 Å². The SMILES string of the molecule is CCCCOC(=O)c1ccc(NC2=C(Cl)C(=O)N(c3ccc(OC)cc3OC)C2=O)cc1. The van der Waals surface area contributed by atoms with Crippen LogP contribution in [0.15, 0.2) is 53.2 Å². The molecule has 1 aliphatic heterocycles. The fourth-order valence-electron chi connectivity index (χ4n) is 3.03. The molecule has 9 heteroatoms. The maximum Gasteiger partial charge on any atom is 0.338 e. The zero-order chi connectivity index (χ0) is 23.3. The van der Waals surface area contributed by atoms with E-state index < -0.39 is 17.8 Å². The Kier molecular flexibility index (Phi) is 7.37. The molecule has 0 spiro atoms. The number of imide groups is 1. The molecule has 1 heterocycles. The van der Waals surface area contributed by atoms with Crippen molar-refractivity contribution in [2.75, 3.05) is 31.0 Å². The zero-order valence-electron chi connectivity index (χ0n) is 17.9. The normalized spacial score (nSPS) is 13.4. The quantitative estimate of drug-likeness (QED) is 0.343. The lowest BCUT2D eigenvalue weighted by molar-refractivity contribution is -0.120. The number of halogens is 1. The predicted octanol–water partition coefficient (Wildman–Crippen LogP) is 4.10. The standard InChI is InChI=1S/C23H23ClN2O6/c1-4-5-12-32-23(29)14-6-8-15(9-7-14)25-20-19(24)21(27)26(22(20)28)17-11-10-16(30-2)13-18(17)31-3/h6-11,13,25H,4-5,12H2,1-3H3. The summed E-state index contributed by atoms with van der Waals surface area (Å²) in [6.45, 7) is 2.37. The van der Waals surface area contributed by atoms with Crippen molar-refractivity contribution in [3.8, 4) is 11.5 Å². The highest BCUT2D eigenvalue weighted by Crippen LogP contribution is 2.37. The summed E-state index contributed by atoms with van der Waals surface area (Å²) in [6.07, 6.45) is 1.72. The average Bonchev–Trinajstić information content (AvgIpc) is 3.02. The second-order valence-electron chi connectivity index (χ2n) is 6.86. The van der Waals surface area contributed by atoms with Gasteiger partial charge < -0.3 is 19.5 Å². The number of anilines is 2. The van der Waals surface area contributed by atoms with E-state index >= 15 is 0 Å². The number of carbonyl (C=O) groups is 3. The maximum atomic E-state index is 13.0. The predicted molar refractivity (Wildman–Crippen MR) is 120 cm³/mol. The third-order valence-electron chi connectivity index (χ3n) is 4.78. The van der Waals surface area contributed by atoms with Crippen LogP contribution in [-0.2, 0) is 14.3 Å². The van der Waals surface area contributed by atoms with Crippen LogP contribution in [0.4, 0.5) is 11.4 Å². The molecule has 2 aromatic carbocycles. The van der Waals surface area contributed by atoms with Gasteiger partial charge >= 0.3 is 5.97 Å². The topological polar surface area (TPSA) is 94.2 Å². The van der Waals surface area contributed by atoms with Crippen LogP contribution in [0, 0.1) is 0 Å². The van der Waals surface area contributed by atoms with Crippen LogP contribution in [0.5, 0.6) is 11.5 Å². The first-order chi connectivity index (χ1) is 15.4. The number of carbonyl (C=O) groups excluding carboxylic acids is 3. The van der Waals surface area contributed by atoms with Crippen LogP contribution < -0.4 is 19.7 Å². The van der Waals surface area contributed by atoms with E-state index in [9.17, 15) is 14.4 Å². The smallest absolute Gasteiger partial charge is 0.338 e. The molecular weight excluding hydrogens is 436 g/mol. The molecule has 0 aromatic heterocycles. The number of nitrogens with one attached hydrogen (secondary N) is 1. The highest BCUT2D eigenvalue weighted by atomic mass is 35.5. The van der Waals surface area contributed by atoms with Crippen LogP contribution in [0.1, 0.15) is 30.1 Å². The first kappa shape index (κ1) is 23.1. The van der Waals surface area contributed by atoms with Crippen molar-refractivity contribution in [3.63, 3.8) is 0 Å². The summed E-state index contributed by atoms with van der Waals surface area (Å²) < 4.78 is 15.6. The van der Waals surface area contributed by atoms with E-state index in [0.29, 0.717) is 23.6 Å². The molecule has 0 fully saturated rings. The highest BCUT2D eigenvalue weighted by Gasteiger charge is 2.40. The molecule has 0 saturated heterocycles. The minimum absolute atomic E-state index is 0.0761. The van der Waals surface area contributed by atoms with E-state index in [1.165, 1.54) is 14.2 Å². The summed E-state index contributed by atoms with van der Waals surface area (Å²) >= 11 is 6.19. The molecule has 0 unspecified atom stereocenters. The van der Waals surface area contributed by atoms with E-state index in [4.69, 9.17) is 25.8 Å². The second kappa shape index (κ2) is 10.2. The van der Waals surface area contributed by atoms with E-state index in [0.717, 1.165) is 17.7 Å². The molecular formula is C23H23ClN2O6. The molecule has 0 aliphatic carbocycles. The number of unbranched alkanes of at least 4 members (excludes halogenated alkanes) is 1. The van der Waals surface area contributed by atoms with Gasteiger partial charge in [-0.1, -0.05) is 24.9 Å². The monoisotopic (exact) mass is 458 g/mol. The van der Waals surface area contributed by atoms with Gasteiger partial charge in [0.25, 0.3) is 11.8 Å². The van der Waals surface area contributed by atoms with Crippen molar-refractivity contribution in [3.05, 3.63) is 58.8 Å². The van der Waals surface area contributed by atoms with Crippen molar-refractivity contribution >= 4 is 40.8 Å². The second-order valence-corrected chi connectivity index (χ2v) is 7.24. The van der Waals surface area contributed by atoms with Gasteiger partial charge in [-0.05, 0) is 42.8 Å². The number of esters is 1. The number of benzene rings is 2. The number of ether oxygens (including phenoxy) is 3. The van der Waals surface area contributed by atoms with E-state index in [-0.39, 0.29) is 22.2 Å². The van der Waals surface area contributed by atoms with E-state index in [1.54, 1.807) is 42.5 Å². The number of hydrogen-bond acceptors (Lipinski definition) is 7. The van der Waals surface area contributed by atoms with Gasteiger partial charge in [-0.3, -0.25) is 9.59 Å². The first-order valence-corrected chi connectivity index (χ1v) is 10.3. The molecule has 2 amide bonds. The molecule has 168 valence electrons. The molecule has 1 aliphatic rings. The minimum Gasteiger partial charge on any atom is -0.497 e. The summed E-state index contributed by atoms with van der Waals surface area (Å²) in [4.78, 5) is 38.7. The third-order valence-corrected chi connectivity index (χ3v) is 5.13. The van der Waals surface area contributed by atoms with Crippen LogP contribution in [0.3, 0.4) is 0 Å². The summed E-state index contributed by atoms with van der Waals surface area (Å²) in [6, 6.07) is 11.0. The van der Waals surface area contributed by atoms with Crippen molar-refractivity contribution in [2.24, 2.45) is 0 Å². The van der Waals surface area contributed by atoms with Crippen LogP contribution in [0.2, 0.25) is 0 Å². The van der Waals surface area contributed by atoms with Gasteiger partial charge in [-0.2, -0.15) is 0 Å². The van der Waals surface area contributed by atoms with Gasteiger partial charge in [0, 0.05) is 11.8 Å². The first-order valence-electron chi connectivity index (χ1n) is 9.96. The highest BCUT2D eigenvalue weighted by molar-refractivity contribution is 6.53. The Hall–Kier alpha value is -3.52. The summed E-state index contributed by atoms with van der Waals surface area (Å²) in [5.74, 6) is -0.949. The van der Waals surface area contributed by atoms with Crippen LogP contribution in [0.25, 0.3) is 0 Å². The lowest BCUT2D eigenvalue weighted by Crippen LogP contribution is -2.32. The molecule has 1 N–H and O–H groups in total. The number of amides is 2. The molecule has 0 saturated carbocycles. The summed E-state index contributed by atoms with van der Waals surface area (Å²) in [5.41, 5.74) is 1.02. The molecule has 8 nitrogen and oxygen atoms in total. The fraction of sp³-hybridized carbons (Fsp3) is 0.261. The van der Waals surface area contributed by atoms with Crippen molar-refractivity contribution in [2.45, 2.75) is 19.8 Å². The van der Waals surface area contributed by atoms with Gasteiger partial charge in [0.05, 0.1) is 32.1 Å². The Morgan fingerprint density at radius 1 is 1.03 bits per heavy atom. The van der Waals surface area contributed by atoms with E-state index in [1.807, 2.05) is 6.92 Å². The summed E-state index contributed by atoms with van der Waals surface area (Å²) in [5, 5.41) is 2.61. The van der Waals surface area contributed by atoms with Gasteiger partial charge in [0.1, 0.15) is 22.2 Å². The number of hydrogen-bond donors (Lipinski definition) is 1. The molecule has 0 atom stereocenters. The minimum atomic E-state index is -0.682. The van der Waals surface area contributed by atoms with Gasteiger partial charge in [-0.25, -0.2) is 9.69 Å². The zero-order valence-corrected chi connectivity index (χ0v) is 18.7. The molecule has 32 heavy (non-hydrogen) atoms. The van der Waals surface area contributed by atoms with Gasteiger partial charge in [0.2, 0.25) is 0 Å². The average molecular weight is 459 g/mol. The molecule has 0 radical (unpaired) electrons. The molecule has 2 aromatic rings. The Labute approximate surface area is 190 Å². The Morgan fingerprint density at radius 2 is 1.75 bits per heavy atom. The Morgan fingerprint density at radius 3 is 2.38 bits per heavy atom. The third kappa shape index (κ3) is 4.70. The van der Waals surface area contributed by atoms with Crippen molar-refractivity contribution in [1.29, 1.82) is 0 Å². The summed E-state index contributed by atoms with van der Waals surface area (Å²) in [7, 11) is 2.92. The molecule has 3 rings (SSSR count). The lowest BCUT2D eigenvalue weighted by Gasteiger charge is -2.18. The lowest BCUT2D eigenvalue weighted by atomic mass is 10.2. The fourth-order valence-corrected chi connectivity index (χ4v) is 3.24. The van der Waals surface area contributed by atoms with Gasteiger partial charge in [0.15, 0.2) is 0 Å².